The first-order valence-electron chi connectivity index (χ1n) is 12.6. The number of carbonyl (C=O) groups excluding carboxylic acids is 3. The van der Waals surface area contributed by atoms with Crippen molar-refractivity contribution < 1.29 is 22.8 Å². The van der Waals surface area contributed by atoms with Crippen LogP contribution in [0, 0.1) is 0 Å². The molecule has 1 N–H and O–H groups in total. The molecule has 1 saturated carbocycles. The predicted octanol–water partition coefficient (Wildman–Crippen LogP) is 3.13. The molecule has 0 unspecified atom stereocenters. The van der Waals surface area contributed by atoms with Gasteiger partial charge in [0.25, 0.3) is 15.9 Å². The fourth-order valence-corrected chi connectivity index (χ4v) is 6.50. The van der Waals surface area contributed by atoms with Crippen molar-refractivity contribution in [3.05, 3.63) is 65.7 Å². The van der Waals surface area contributed by atoms with Crippen LogP contribution in [-0.4, -0.2) is 60.5 Å². The summed E-state index contributed by atoms with van der Waals surface area (Å²) in [7, 11) is -3.99. The SMILES string of the molecule is C[C@H](C(=O)NC1CCCCC1)N(CCc1ccccc1)C(=O)CCN1C(=O)c2ccccc2S1(=O)=O. The fraction of sp³-hybridized carbons (Fsp3) is 0.444. The van der Waals surface area contributed by atoms with Gasteiger partial charge in [0.15, 0.2) is 0 Å². The van der Waals surface area contributed by atoms with E-state index in [2.05, 4.69) is 5.32 Å². The third-order valence-electron chi connectivity index (χ3n) is 7.04. The lowest BCUT2D eigenvalue weighted by Gasteiger charge is -2.31. The number of amides is 3. The Morgan fingerprint density at radius 1 is 1.03 bits per heavy atom. The van der Waals surface area contributed by atoms with E-state index in [1.54, 1.807) is 19.1 Å². The second-order valence-corrected chi connectivity index (χ2v) is 11.3. The van der Waals surface area contributed by atoms with Crippen LogP contribution in [0.25, 0.3) is 0 Å². The highest BCUT2D eigenvalue weighted by Gasteiger charge is 2.41. The lowest BCUT2D eigenvalue weighted by molar-refractivity contribution is -0.140. The van der Waals surface area contributed by atoms with Gasteiger partial charge in [-0.3, -0.25) is 14.4 Å². The number of rotatable bonds is 9. The summed E-state index contributed by atoms with van der Waals surface area (Å²) in [6.45, 7) is 1.74. The van der Waals surface area contributed by atoms with Crippen LogP contribution in [0.15, 0.2) is 59.5 Å². The summed E-state index contributed by atoms with van der Waals surface area (Å²) in [6, 6.07) is 15.1. The zero-order valence-corrected chi connectivity index (χ0v) is 21.4. The average molecular weight is 512 g/mol. The highest BCUT2D eigenvalue weighted by atomic mass is 32.2. The minimum Gasteiger partial charge on any atom is -0.352 e. The van der Waals surface area contributed by atoms with Gasteiger partial charge < -0.3 is 10.2 Å². The van der Waals surface area contributed by atoms with Crippen molar-refractivity contribution >= 4 is 27.7 Å². The standard InChI is InChI=1S/C27H33N3O5S/c1-20(26(32)28-22-12-6-3-7-13-22)29(18-16-21-10-4-2-5-11-21)25(31)17-19-30-27(33)23-14-8-9-15-24(23)36(30,34)35/h2,4-5,8-11,14-15,20,22H,3,6-7,12-13,16-19H2,1H3,(H,28,32)/t20-/m1/s1. The van der Waals surface area contributed by atoms with E-state index in [9.17, 15) is 22.8 Å². The lowest BCUT2D eigenvalue weighted by Crippen LogP contribution is -2.51. The van der Waals surface area contributed by atoms with Gasteiger partial charge >= 0.3 is 0 Å². The van der Waals surface area contributed by atoms with Crippen LogP contribution in [0.2, 0.25) is 0 Å². The molecule has 0 spiro atoms. The fourth-order valence-electron chi connectivity index (χ4n) is 4.93. The third-order valence-corrected chi connectivity index (χ3v) is 8.88. The van der Waals surface area contributed by atoms with E-state index in [4.69, 9.17) is 0 Å². The molecule has 1 atom stereocenters. The molecule has 0 radical (unpaired) electrons. The Labute approximate surface area is 212 Å². The zero-order valence-electron chi connectivity index (χ0n) is 20.6. The van der Waals surface area contributed by atoms with Crippen LogP contribution < -0.4 is 5.32 Å². The summed E-state index contributed by atoms with van der Waals surface area (Å²) in [6.07, 6.45) is 5.56. The summed E-state index contributed by atoms with van der Waals surface area (Å²) in [5, 5.41) is 3.09. The summed E-state index contributed by atoms with van der Waals surface area (Å²) < 4.78 is 26.5. The second-order valence-electron chi connectivity index (χ2n) is 9.47. The molecule has 1 aliphatic heterocycles. The van der Waals surface area contributed by atoms with Crippen LogP contribution in [0.3, 0.4) is 0 Å². The van der Waals surface area contributed by atoms with E-state index in [1.165, 1.54) is 23.5 Å². The number of hydrogen-bond acceptors (Lipinski definition) is 5. The summed E-state index contributed by atoms with van der Waals surface area (Å²) in [5.74, 6) is -1.20. The first-order valence-corrected chi connectivity index (χ1v) is 14.0. The minimum absolute atomic E-state index is 0.0383. The predicted molar refractivity (Wildman–Crippen MR) is 136 cm³/mol. The molecule has 0 aromatic heterocycles. The van der Waals surface area contributed by atoms with Crippen molar-refractivity contribution in [1.82, 2.24) is 14.5 Å². The number of nitrogens with zero attached hydrogens (tertiary/aromatic N) is 2. The number of fused-ring (bicyclic) bond motifs is 1. The molecule has 36 heavy (non-hydrogen) atoms. The average Bonchev–Trinajstić information content (AvgIpc) is 3.08. The Balaban J connectivity index is 1.45. The number of nitrogens with one attached hydrogen (secondary N) is 1. The maximum absolute atomic E-state index is 13.4. The molecule has 2 aromatic carbocycles. The normalized spacial score (nSPS) is 17.9. The van der Waals surface area contributed by atoms with E-state index in [0.29, 0.717) is 13.0 Å². The van der Waals surface area contributed by atoms with E-state index in [0.717, 1.165) is 35.6 Å². The van der Waals surface area contributed by atoms with Gasteiger partial charge in [0.05, 0.1) is 5.56 Å². The highest BCUT2D eigenvalue weighted by molar-refractivity contribution is 7.90. The van der Waals surface area contributed by atoms with Crippen LogP contribution in [0.4, 0.5) is 0 Å². The summed E-state index contributed by atoms with van der Waals surface area (Å²) >= 11 is 0. The first-order chi connectivity index (χ1) is 17.3. The van der Waals surface area contributed by atoms with Crippen molar-refractivity contribution in [2.45, 2.75) is 68.8 Å². The van der Waals surface area contributed by atoms with Crippen molar-refractivity contribution in [3.8, 4) is 0 Å². The van der Waals surface area contributed by atoms with Crippen molar-refractivity contribution in [3.63, 3.8) is 0 Å². The smallest absolute Gasteiger partial charge is 0.269 e. The maximum Gasteiger partial charge on any atom is 0.269 e. The quantitative estimate of drug-likeness (QED) is 0.557. The van der Waals surface area contributed by atoms with E-state index in [-0.39, 0.29) is 41.3 Å². The highest BCUT2D eigenvalue weighted by Crippen LogP contribution is 2.30. The monoisotopic (exact) mass is 511 g/mol. The molecule has 1 heterocycles. The zero-order chi connectivity index (χ0) is 25.7. The molecule has 9 heteroatoms. The lowest BCUT2D eigenvalue weighted by atomic mass is 9.95. The molecule has 0 bridgehead atoms. The molecule has 0 saturated heterocycles. The number of benzene rings is 2. The number of carbonyl (C=O) groups is 3. The van der Waals surface area contributed by atoms with Gasteiger partial charge in [-0.25, -0.2) is 12.7 Å². The molecule has 2 aliphatic rings. The molecule has 192 valence electrons. The largest absolute Gasteiger partial charge is 0.352 e. The van der Waals surface area contributed by atoms with Crippen LogP contribution in [0.1, 0.15) is 61.4 Å². The second kappa shape index (κ2) is 11.2. The Kier molecular flexibility index (Phi) is 8.08. The van der Waals surface area contributed by atoms with Gasteiger partial charge in [-0.15, -0.1) is 0 Å². The molecule has 4 rings (SSSR count). The van der Waals surface area contributed by atoms with Crippen molar-refractivity contribution in [2.24, 2.45) is 0 Å². The number of sulfonamides is 1. The van der Waals surface area contributed by atoms with Gasteiger partial charge in [0.1, 0.15) is 10.9 Å². The summed E-state index contributed by atoms with van der Waals surface area (Å²) in [4.78, 5) is 40.6. The van der Waals surface area contributed by atoms with Gasteiger partial charge in [-0.05, 0) is 43.9 Å². The Bertz CT molecular complexity index is 1210. The Morgan fingerprint density at radius 3 is 2.39 bits per heavy atom. The van der Waals surface area contributed by atoms with E-state index >= 15 is 0 Å². The van der Waals surface area contributed by atoms with Gasteiger partial charge in [0, 0.05) is 25.6 Å². The third kappa shape index (κ3) is 5.61. The molecule has 1 fully saturated rings. The minimum atomic E-state index is -3.99. The first kappa shape index (κ1) is 25.9. The summed E-state index contributed by atoms with van der Waals surface area (Å²) in [5.41, 5.74) is 1.15. The van der Waals surface area contributed by atoms with E-state index < -0.39 is 22.0 Å². The van der Waals surface area contributed by atoms with Gasteiger partial charge in [0.2, 0.25) is 11.8 Å². The Morgan fingerprint density at radius 2 is 1.69 bits per heavy atom. The number of hydrogen-bond donors (Lipinski definition) is 1. The van der Waals surface area contributed by atoms with E-state index in [1.807, 2.05) is 30.3 Å². The van der Waals surface area contributed by atoms with Gasteiger partial charge in [-0.2, -0.15) is 0 Å². The van der Waals surface area contributed by atoms with Crippen LogP contribution in [0.5, 0.6) is 0 Å². The molecule has 1 aliphatic carbocycles. The Hall–Kier alpha value is -3.20. The van der Waals surface area contributed by atoms with Crippen LogP contribution >= 0.6 is 0 Å². The van der Waals surface area contributed by atoms with Crippen LogP contribution in [-0.2, 0) is 26.0 Å². The molecule has 2 aromatic rings. The molecule has 3 amide bonds. The topological polar surface area (TPSA) is 104 Å². The van der Waals surface area contributed by atoms with Crippen molar-refractivity contribution in [2.75, 3.05) is 13.1 Å². The van der Waals surface area contributed by atoms with Gasteiger partial charge in [-0.1, -0.05) is 61.7 Å². The molecular weight excluding hydrogens is 478 g/mol. The maximum atomic E-state index is 13.4. The molecule has 8 nitrogen and oxygen atoms in total. The molecular formula is C27H33N3O5S. The van der Waals surface area contributed by atoms with Crippen molar-refractivity contribution in [1.29, 1.82) is 0 Å².